The van der Waals surface area contributed by atoms with Gasteiger partial charge in [0.15, 0.2) is 5.65 Å². The Morgan fingerprint density at radius 2 is 1.90 bits per heavy atom. The van der Waals surface area contributed by atoms with Gasteiger partial charge in [-0.3, -0.25) is 4.79 Å². The van der Waals surface area contributed by atoms with Crippen molar-refractivity contribution in [2.24, 2.45) is 0 Å². The summed E-state index contributed by atoms with van der Waals surface area (Å²) in [6, 6.07) is 15.5. The van der Waals surface area contributed by atoms with Crippen molar-refractivity contribution >= 4 is 51.2 Å². The number of alkyl halides is 3. The van der Waals surface area contributed by atoms with Gasteiger partial charge < -0.3 is 24.2 Å². The Kier molecular flexibility index (Phi) is 9.58. The number of nitrogens with zero attached hydrogens (tertiary/aromatic N) is 7. The predicted molar refractivity (Wildman–Crippen MR) is 176 cm³/mol. The molecule has 1 amide bonds. The van der Waals surface area contributed by atoms with E-state index in [9.17, 15) is 28.0 Å². The van der Waals surface area contributed by atoms with Crippen LogP contribution in [-0.4, -0.2) is 101 Å². The Morgan fingerprint density at radius 3 is 2.59 bits per heavy atom. The standard InChI is InChI=1S/C34H31ClF3N7O4/c1-3-28(46)45-16-15-44(18-26(45)27(17-39)49-32(47)34(36,37)38)33-41-30-23(31(42-33)48-19-21-9-6-14-43(21)2)12-13-25(40-30)22-10-4-7-20-8-5-11-24(35)29(20)22/h3-5,7-8,10-13,21,26-27H,1,6,9,14-16,18-19H2,2H3/t21-,26-,27?/m0/s1. The molecule has 49 heavy (non-hydrogen) atoms. The fraction of sp³-hybridized carbons (Fsp3) is 0.353. The second-order valence-electron chi connectivity index (χ2n) is 11.8. The number of amides is 1. The highest BCUT2D eigenvalue weighted by Crippen LogP contribution is 2.35. The van der Waals surface area contributed by atoms with Crippen LogP contribution in [0.2, 0.25) is 5.02 Å². The average molecular weight is 694 g/mol. The topological polar surface area (TPSA) is 125 Å². The van der Waals surface area contributed by atoms with Crippen LogP contribution in [0.5, 0.6) is 5.88 Å². The zero-order valence-corrected chi connectivity index (χ0v) is 27.1. The summed E-state index contributed by atoms with van der Waals surface area (Å²) in [5.74, 6) is -2.83. The van der Waals surface area contributed by atoms with E-state index in [0.29, 0.717) is 22.7 Å². The highest BCUT2D eigenvalue weighted by Gasteiger charge is 2.46. The fourth-order valence-electron chi connectivity index (χ4n) is 6.26. The van der Waals surface area contributed by atoms with Crippen LogP contribution in [0.25, 0.3) is 33.1 Å². The molecule has 2 aliphatic rings. The average Bonchev–Trinajstić information content (AvgIpc) is 3.52. The molecular weight excluding hydrogens is 663 g/mol. The van der Waals surface area contributed by atoms with E-state index in [1.807, 2.05) is 49.5 Å². The zero-order chi connectivity index (χ0) is 34.9. The lowest BCUT2D eigenvalue weighted by molar-refractivity contribution is -0.204. The molecule has 11 nitrogen and oxygen atoms in total. The first-order chi connectivity index (χ1) is 23.5. The third-order valence-electron chi connectivity index (χ3n) is 8.83. The fourth-order valence-corrected chi connectivity index (χ4v) is 6.54. The molecule has 0 bridgehead atoms. The van der Waals surface area contributed by atoms with Crippen molar-refractivity contribution in [1.29, 1.82) is 5.26 Å². The first-order valence-corrected chi connectivity index (χ1v) is 15.9. The first kappa shape index (κ1) is 33.9. The predicted octanol–water partition coefficient (Wildman–Crippen LogP) is 5.17. The maximum Gasteiger partial charge on any atom is 0.490 e. The number of nitriles is 1. The van der Waals surface area contributed by atoms with Crippen LogP contribution in [0, 0.1) is 11.3 Å². The molecule has 6 rings (SSSR count). The molecular formula is C34H31ClF3N7O4. The zero-order valence-electron chi connectivity index (χ0n) is 26.4. The number of hydrogen-bond acceptors (Lipinski definition) is 10. The Bertz CT molecular complexity index is 1970. The first-order valence-electron chi connectivity index (χ1n) is 15.5. The Labute approximate surface area is 284 Å². The minimum absolute atomic E-state index is 0.0519. The summed E-state index contributed by atoms with van der Waals surface area (Å²) in [7, 11) is 2.02. The van der Waals surface area contributed by atoms with Gasteiger partial charge in [-0.15, -0.1) is 0 Å². The largest absolute Gasteiger partial charge is 0.490 e. The molecule has 0 saturated carbocycles. The molecule has 0 spiro atoms. The maximum absolute atomic E-state index is 13.1. The molecule has 2 aromatic heterocycles. The van der Waals surface area contributed by atoms with E-state index in [1.165, 1.54) is 0 Å². The van der Waals surface area contributed by atoms with Crippen molar-refractivity contribution in [2.75, 3.05) is 44.7 Å². The number of carbonyl (C=O) groups excluding carboxylic acids is 2. The lowest BCUT2D eigenvalue weighted by Gasteiger charge is -2.42. The number of aromatic nitrogens is 3. The number of likely N-dealkylation sites (tertiary alicyclic amines) is 1. The normalized spacial score (nSPS) is 19.1. The minimum Gasteiger partial charge on any atom is -0.475 e. The number of rotatable bonds is 8. The van der Waals surface area contributed by atoms with Gasteiger partial charge >= 0.3 is 12.1 Å². The van der Waals surface area contributed by atoms with E-state index in [1.54, 1.807) is 17.0 Å². The van der Waals surface area contributed by atoms with Gasteiger partial charge in [-0.2, -0.15) is 28.4 Å². The van der Waals surface area contributed by atoms with Gasteiger partial charge in [0.1, 0.15) is 18.7 Å². The molecule has 1 unspecified atom stereocenters. The molecule has 3 atom stereocenters. The second-order valence-corrected chi connectivity index (χ2v) is 12.2. The molecule has 0 radical (unpaired) electrons. The number of hydrogen-bond donors (Lipinski definition) is 0. The SMILES string of the molecule is C=CC(=O)N1CCN(c2nc(OC[C@@H]3CCCN3C)c3ccc(-c4cccc5cccc(Cl)c45)nc3n2)C[C@H]1C(C#N)OC(=O)C(F)(F)F. The lowest BCUT2D eigenvalue weighted by atomic mass is 10.0. The molecule has 2 aliphatic heterocycles. The van der Waals surface area contributed by atoms with Crippen LogP contribution >= 0.6 is 11.6 Å². The third-order valence-corrected chi connectivity index (χ3v) is 9.14. The summed E-state index contributed by atoms with van der Waals surface area (Å²) in [5.41, 5.74) is 1.64. The van der Waals surface area contributed by atoms with Crippen LogP contribution < -0.4 is 9.64 Å². The molecule has 2 fully saturated rings. The van der Waals surface area contributed by atoms with E-state index >= 15 is 0 Å². The minimum atomic E-state index is -5.34. The Hall–Kier alpha value is -5.00. The van der Waals surface area contributed by atoms with Crippen molar-refractivity contribution in [3.8, 4) is 23.2 Å². The highest BCUT2D eigenvalue weighted by molar-refractivity contribution is 6.36. The molecule has 4 heterocycles. The van der Waals surface area contributed by atoms with Gasteiger partial charge in [0.2, 0.25) is 23.8 Å². The number of halogens is 4. The molecule has 4 aromatic rings. The van der Waals surface area contributed by atoms with Crippen molar-refractivity contribution < 1.29 is 32.2 Å². The summed E-state index contributed by atoms with van der Waals surface area (Å²) < 4.78 is 50.1. The summed E-state index contributed by atoms with van der Waals surface area (Å²) in [6.07, 6.45) is -4.33. The van der Waals surface area contributed by atoms with E-state index in [4.69, 9.17) is 31.3 Å². The quantitative estimate of drug-likeness (QED) is 0.180. The smallest absolute Gasteiger partial charge is 0.475 e. The summed E-state index contributed by atoms with van der Waals surface area (Å²) in [6.45, 7) is 4.59. The summed E-state index contributed by atoms with van der Waals surface area (Å²) in [4.78, 5) is 43.7. The Morgan fingerprint density at radius 1 is 1.12 bits per heavy atom. The van der Waals surface area contributed by atoms with Gasteiger partial charge in [-0.05, 0) is 56.1 Å². The number of anilines is 1. The van der Waals surface area contributed by atoms with Crippen molar-refractivity contribution in [2.45, 2.75) is 37.2 Å². The van der Waals surface area contributed by atoms with E-state index in [-0.39, 0.29) is 43.2 Å². The van der Waals surface area contributed by atoms with E-state index < -0.39 is 30.2 Å². The molecule has 2 saturated heterocycles. The van der Waals surface area contributed by atoms with E-state index in [0.717, 1.165) is 46.7 Å². The van der Waals surface area contributed by atoms with Crippen LogP contribution in [-0.2, 0) is 14.3 Å². The van der Waals surface area contributed by atoms with Crippen molar-refractivity contribution in [3.05, 3.63) is 66.2 Å². The molecule has 254 valence electrons. The summed E-state index contributed by atoms with van der Waals surface area (Å²) in [5, 5.41) is 12.6. The highest BCUT2D eigenvalue weighted by atomic mass is 35.5. The molecule has 15 heteroatoms. The number of pyridine rings is 1. The number of esters is 1. The van der Waals surface area contributed by atoms with Gasteiger partial charge in [-0.25, -0.2) is 9.78 Å². The number of carbonyl (C=O) groups is 2. The van der Waals surface area contributed by atoms with Gasteiger partial charge in [0, 0.05) is 41.6 Å². The monoisotopic (exact) mass is 693 g/mol. The van der Waals surface area contributed by atoms with Gasteiger partial charge in [-0.1, -0.05) is 48.5 Å². The van der Waals surface area contributed by atoms with Crippen LogP contribution in [0.4, 0.5) is 19.1 Å². The van der Waals surface area contributed by atoms with E-state index in [2.05, 4.69) is 16.2 Å². The number of ether oxygens (including phenoxy) is 2. The van der Waals surface area contributed by atoms with Crippen molar-refractivity contribution in [1.82, 2.24) is 24.8 Å². The number of likely N-dealkylation sites (N-methyl/N-ethyl adjacent to an activating group) is 1. The van der Waals surface area contributed by atoms with Crippen LogP contribution in [0.1, 0.15) is 12.8 Å². The number of fused-ring (bicyclic) bond motifs is 2. The maximum atomic E-state index is 13.1. The van der Waals surface area contributed by atoms with Crippen molar-refractivity contribution in [3.63, 3.8) is 0 Å². The Balaban J connectivity index is 1.41. The second kappa shape index (κ2) is 13.9. The van der Waals surface area contributed by atoms with Crippen LogP contribution in [0.15, 0.2) is 61.2 Å². The molecule has 0 aliphatic carbocycles. The molecule has 0 N–H and O–H groups in total. The lowest BCUT2D eigenvalue weighted by Crippen LogP contribution is -2.60. The van der Waals surface area contributed by atoms with Gasteiger partial charge in [0.05, 0.1) is 11.1 Å². The van der Waals surface area contributed by atoms with Gasteiger partial charge in [0.25, 0.3) is 0 Å². The third kappa shape index (κ3) is 6.95. The number of piperazine rings is 1. The van der Waals surface area contributed by atoms with Crippen LogP contribution in [0.3, 0.4) is 0 Å². The number of benzene rings is 2. The molecule has 2 aromatic carbocycles. The summed E-state index contributed by atoms with van der Waals surface area (Å²) >= 11 is 6.61.